The summed E-state index contributed by atoms with van der Waals surface area (Å²) in [6.45, 7) is 19.1. The predicted molar refractivity (Wildman–Crippen MR) is 135 cm³/mol. The molecule has 0 saturated carbocycles. The van der Waals surface area contributed by atoms with Gasteiger partial charge in [-0.3, -0.25) is 9.80 Å². The van der Waals surface area contributed by atoms with E-state index in [0.717, 1.165) is 5.79 Å². The molecular formula is C23H50N4Si2. The first-order valence-corrected chi connectivity index (χ1v) is 17.5. The summed E-state index contributed by atoms with van der Waals surface area (Å²) in [5.41, 5.74) is 2.26. The monoisotopic (exact) mass is 438 g/mol. The van der Waals surface area contributed by atoms with E-state index in [2.05, 4.69) is 59.1 Å². The number of piperazine rings is 2. The molecule has 0 aromatic heterocycles. The van der Waals surface area contributed by atoms with Gasteiger partial charge in [-0.05, 0) is 14.1 Å². The van der Waals surface area contributed by atoms with Crippen molar-refractivity contribution in [2.45, 2.75) is 69.5 Å². The van der Waals surface area contributed by atoms with Gasteiger partial charge in [-0.15, -0.1) is 12.3 Å². The molecule has 2 saturated heterocycles. The number of hydrogen-bond acceptors (Lipinski definition) is 4. The molecule has 0 atom stereocenters. The fourth-order valence-corrected chi connectivity index (χ4v) is 8.56. The average molecular weight is 439 g/mol. The number of unbranched alkanes of at least 4 members (excludes halogenated alkanes) is 5. The van der Waals surface area contributed by atoms with E-state index < -0.39 is 8.07 Å². The van der Waals surface area contributed by atoms with Gasteiger partial charge in [0.2, 0.25) is 0 Å². The minimum Gasteiger partial charge on any atom is -0.304 e. The molecule has 2 aliphatic rings. The third kappa shape index (κ3) is 9.79. The van der Waals surface area contributed by atoms with Gasteiger partial charge < -0.3 is 9.80 Å². The second-order valence-corrected chi connectivity index (χ2v) is 17.3. The zero-order chi connectivity index (χ0) is 21.1. The van der Waals surface area contributed by atoms with Crippen molar-refractivity contribution in [2.24, 2.45) is 0 Å². The van der Waals surface area contributed by atoms with Crippen LogP contribution in [-0.2, 0) is 0 Å². The van der Waals surface area contributed by atoms with Crippen LogP contribution in [0, 0.1) is 0 Å². The summed E-state index contributed by atoms with van der Waals surface area (Å²) in [5.74, 6) is 0.823. The standard InChI is InChI=1S/C23H50N4Si2/c1-6-29(4,5)22-12-10-8-7-9-11-21-28-23(26-17-13-24(2)14-18-26)27-19-15-25(3)16-20-27/h6,23H,1,7-22,28H2,2-5H3. The normalized spacial score (nSPS) is 21.6. The lowest BCUT2D eigenvalue weighted by molar-refractivity contribution is 0.0311. The van der Waals surface area contributed by atoms with Gasteiger partial charge in [0.25, 0.3) is 0 Å². The highest BCUT2D eigenvalue weighted by atomic mass is 28.3. The lowest BCUT2D eigenvalue weighted by atomic mass is 10.1. The fourth-order valence-electron chi connectivity index (χ4n) is 4.73. The highest BCUT2D eigenvalue weighted by Gasteiger charge is 2.29. The molecule has 6 heteroatoms. The molecule has 0 aromatic rings. The van der Waals surface area contributed by atoms with Crippen molar-refractivity contribution in [3.63, 3.8) is 0 Å². The molecule has 0 radical (unpaired) electrons. The molecule has 0 spiro atoms. The van der Waals surface area contributed by atoms with Gasteiger partial charge in [0.15, 0.2) is 0 Å². The van der Waals surface area contributed by atoms with Crippen molar-refractivity contribution in [1.29, 1.82) is 0 Å². The first-order valence-electron chi connectivity index (χ1n) is 12.4. The summed E-state index contributed by atoms with van der Waals surface area (Å²) in [4.78, 5) is 10.7. The van der Waals surface area contributed by atoms with Crippen LogP contribution >= 0.6 is 0 Å². The molecular weight excluding hydrogens is 388 g/mol. The van der Waals surface area contributed by atoms with Gasteiger partial charge in [-0.2, -0.15) is 0 Å². The van der Waals surface area contributed by atoms with Crippen LogP contribution in [0.3, 0.4) is 0 Å². The minimum absolute atomic E-state index is 0.0547. The fraction of sp³-hybridized carbons (Fsp3) is 0.913. The third-order valence-corrected chi connectivity index (χ3v) is 12.5. The minimum atomic E-state index is -1.06. The number of hydrogen-bond donors (Lipinski definition) is 0. The van der Waals surface area contributed by atoms with Crippen molar-refractivity contribution < 1.29 is 0 Å². The largest absolute Gasteiger partial charge is 0.304 e. The van der Waals surface area contributed by atoms with E-state index in [0.29, 0.717) is 0 Å². The first-order chi connectivity index (χ1) is 13.9. The Hall–Kier alpha value is 0.0138. The molecule has 2 rings (SSSR count). The Kier molecular flexibility index (Phi) is 11.7. The zero-order valence-electron chi connectivity index (χ0n) is 20.2. The second kappa shape index (κ2) is 13.4. The Balaban J connectivity index is 1.62. The van der Waals surface area contributed by atoms with Crippen LogP contribution in [0.15, 0.2) is 12.3 Å². The molecule has 0 aromatic carbocycles. The van der Waals surface area contributed by atoms with Gasteiger partial charge in [-0.1, -0.05) is 63.7 Å². The number of likely N-dealkylation sites (N-methyl/N-ethyl adjacent to an activating group) is 2. The number of rotatable bonds is 13. The Morgan fingerprint density at radius 1 is 0.759 bits per heavy atom. The molecule has 170 valence electrons. The molecule has 2 aliphatic heterocycles. The maximum Gasteiger partial charge on any atom is 0.0709 e. The van der Waals surface area contributed by atoms with Crippen molar-refractivity contribution in [3.8, 4) is 0 Å². The van der Waals surface area contributed by atoms with E-state index in [-0.39, 0.29) is 9.52 Å². The van der Waals surface area contributed by atoms with Crippen LogP contribution < -0.4 is 0 Å². The molecule has 29 heavy (non-hydrogen) atoms. The van der Waals surface area contributed by atoms with Crippen LogP contribution in [-0.4, -0.2) is 109 Å². The van der Waals surface area contributed by atoms with E-state index >= 15 is 0 Å². The van der Waals surface area contributed by atoms with Crippen molar-refractivity contribution in [2.75, 3.05) is 66.5 Å². The first kappa shape index (κ1) is 25.3. The molecule has 0 bridgehead atoms. The lowest BCUT2D eigenvalue weighted by Gasteiger charge is -2.46. The van der Waals surface area contributed by atoms with Crippen LogP contribution in [0.4, 0.5) is 0 Å². The van der Waals surface area contributed by atoms with E-state index in [9.17, 15) is 0 Å². The second-order valence-electron chi connectivity index (χ2n) is 10.4. The lowest BCUT2D eigenvalue weighted by Crippen LogP contribution is -2.61. The summed E-state index contributed by atoms with van der Waals surface area (Å²) < 4.78 is 0. The van der Waals surface area contributed by atoms with E-state index in [1.807, 2.05) is 0 Å². The van der Waals surface area contributed by atoms with Gasteiger partial charge in [-0.25, -0.2) is 0 Å². The SMILES string of the molecule is C=C[Si](C)(C)CCCCCCCC[SiH2]C(N1CCN(C)CC1)N1CCN(C)CC1. The summed E-state index contributed by atoms with van der Waals surface area (Å²) in [5, 5.41) is 0. The Morgan fingerprint density at radius 2 is 1.21 bits per heavy atom. The molecule has 0 unspecified atom stereocenters. The van der Waals surface area contributed by atoms with Gasteiger partial charge >= 0.3 is 0 Å². The summed E-state index contributed by atoms with van der Waals surface area (Å²) >= 11 is 0. The van der Waals surface area contributed by atoms with E-state index in [1.54, 1.807) is 6.04 Å². The topological polar surface area (TPSA) is 13.0 Å². The van der Waals surface area contributed by atoms with Crippen LogP contribution in [0.2, 0.25) is 25.2 Å². The maximum absolute atomic E-state index is 4.02. The van der Waals surface area contributed by atoms with Crippen molar-refractivity contribution in [1.82, 2.24) is 19.6 Å². The zero-order valence-corrected chi connectivity index (χ0v) is 22.6. The quantitative estimate of drug-likeness (QED) is 0.323. The maximum atomic E-state index is 4.02. The van der Waals surface area contributed by atoms with Crippen LogP contribution in [0.5, 0.6) is 0 Å². The van der Waals surface area contributed by atoms with Crippen LogP contribution in [0.1, 0.15) is 38.5 Å². The third-order valence-electron chi connectivity index (χ3n) is 7.25. The van der Waals surface area contributed by atoms with E-state index in [4.69, 9.17) is 0 Å². The molecule has 4 nitrogen and oxygen atoms in total. The van der Waals surface area contributed by atoms with Gasteiger partial charge in [0.1, 0.15) is 0 Å². The van der Waals surface area contributed by atoms with Crippen molar-refractivity contribution >= 4 is 17.6 Å². The molecule has 0 amide bonds. The summed E-state index contributed by atoms with van der Waals surface area (Å²) in [7, 11) is 3.44. The highest BCUT2D eigenvalue weighted by molar-refractivity contribution is 6.82. The molecule has 0 aliphatic carbocycles. The Morgan fingerprint density at radius 3 is 1.69 bits per heavy atom. The Bertz CT molecular complexity index is 422. The Labute approximate surface area is 185 Å². The predicted octanol–water partition coefficient (Wildman–Crippen LogP) is 3.13. The number of nitrogens with zero attached hydrogens (tertiary/aromatic N) is 4. The van der Waals surface area contributed by atoms with Gasteiger partial charge in [0.05, 0.1) is 17.6 Å². The molecule has 0 N–H and O–H groups in total. The smallest absolute Gasteiger partial charge is 0.0709 e. The van der Waals surface area contributed by atoms with E-state index in [1.165, 1.54) is 96.9 Å². The average Bonchev–Trinajstić information content (AvgIpc) is 2.71. The molecule has 2 heterocycles. The summed E-state index contributed by atoms with van der Waals surface area (Å²) in [6, 6.07) is 2.97. The summed E-state index contributed by atoms with van der Waals surface area (Å²) in [6.07, 6.45) is 8.72. The molecule has 2 fully saturated rings. The van der Waals surface area contributed by atoms with Crippen LogP contribution in [0.25, 0.3) is 0 Å². The van der Waals surface area contributed by atoms with Gasteiger partial charge in [0, 0.05) is 58.1 Å². The van der Waals surface area contributed by atoms with Crippen molar-refractivity contribution in [3.05, 3.63) is 12.3 Å². The highest BCUT2D eigenvalue weighted by Crippen LogP contribution is 2.18.